The van der Waals surface area contributed by atoms with Gasteiger partial charge in [-0.3, -0.25) is 4.79 Å². The molecule has 2 aromatic rings. The number of rotatable bonds is 6. The van der Waals surface area contributed by atoms with Gasteiger partial charge in [-0.1, -0.05) is 19.3 Å². The van der Waals surface area contributed by atoms with Crippen molar-refractivity contribution in [3.8, 4) is 11.5 Å². The number of carboxylic acid groups (broad SMARTS) is 2. The second kappa shape index (κ2) is 8.56. The summed E-state index contributed by atoms with van der Waals surface area (Å²) in [7, 11) is 0. The zero-order chi connectivity index (χ0) is 20.1. The van der Waals surface area contributed by atoms with Crippen LogP contribution in [-0.4, -0.2) is 28.1 Å². The predicted molar refractivity (Wildman–Crippen MR) is 102 cm³/mol. The minimum Gasteiger partial charge on any atom is -0.478 e. The van der Waals surface area contributed by atoms with Crippen LogP contribution in [0.3, 0.4) is 0 Å². The molecule has 0 radical (unpaired) electrons. The van der Waals surface area contributed by atoms with Crippen LogP contribution in [0.5, 0.6) is 11.5 Å². The summed E-state index contributed by atoms with van der Waals surface area (Å²) < 4.78 is 5.61. The first kappa shape index (κ1) is 19.4. The van der Waals surface area contributed by atoms with Crippen molar-refractivity contribution < 1.29 is 29.3 Å². The van der Waals surface area contributed by atoms with Gasteiger partial charge >= 0.3 is 11.9 Å². The number of hydrogen-bond donors (Lipinski definition) is 3. The molecule has 7 heteroatoms. The Balaban J connectivity index is 1.67. The monoisotopic (exact) mass is 383 g/mol. The maximum absolute atomic E-state index is 12.3. The molecule has 0 unspecified atom stereocenters. The van der Waals surface area contributed by atoms with E-state index in [0.717, 1.165) is 25.7 Å². The van der Waals surface area contributed by atoms with E-state index in [-0.39, 0.29) is 28.7 Å². The number of nitrogens with one attached hydrogen (secondary N) is 1. The average Bonchev–Trinajstić information content (AvgIpc) is 2.70. The van der Waals surface area contributed by atoms with Gasteiger partial charge < -0.3 is 20.3 Å². The highest BCUT2D eigenvalue weighted by molar-refractivity contribution is 6.02. The first-order valence-corrected chi connectivity index (χ1v) is 9.13. The maximum Gasteiger partial charge on any atom is 0.336 e. The fourth-order valence-electron chi connectivity index (χ4n) is 3.30. The van der Waals surface area contributed by atoms with E-state index < -0.39 is 11.9 Å². The number of carbonyl (C=O) groups excluding carboxylic acids is 1. The maximum atomic E-state index is 12.3. The standard InChI is InChI=1S/C21H21NO6/c23-19(13-4-2-1-3-5-13)22-14-6-8-15(9-7-14)28-16-10-11-17(20(24)25)18(12-16)21(26)27/h6-13H,1-5H2,(H,22,23)(H,24,25)(H,26,27). The molecule has 0 spiro atoms. The number of carbonyl (C=O) groups is 3. The Labute approximate surface area is 162 Å². The molecule has 1 fully saturated rings. The number of anilines is 1. The molecule has 1 saturated carbocycles. The highest BCUT2D eigenvalue weighted by Gasteiger charge is 2.21. The third-order valence-corrected chi connectivity index (χ3v) is 4.79. The molecule has 0 atom stereocenters. The molecule has 1 amide bonds. The summed E-state index contributed by atoms with van der Waals surface area (Å²) in [5, 5.41) is 21.1. The number of benzene rings is 2. The van der Waals surface area contributed by atoms with Crippen LogP contribution in [0.25, 0.3) is 0 Å². The van der Waals surface area contributed by atoms with Crippen molar-refractivity contribution in [2.24, 2.45) is 5.92 Å². The minimum atomic E-state index is -1.34. The van der Waals surface area contributed by atoms with Gasteiger partial charge in [-0.05, 0) is 55.3 Å². The SMILES string of the molecule is O=C(O)c1ccc(Oc2ccc(NC(=O)C3CCCCC3)cc2)cc1C(=O)O. The first-order chi connectivity index (χ1) is 13.4. The smallest absolute Gasteiger partial charge is 0.336 e. The molecule has 1 aliphatic carbocycles. The second-order valence-corrected chi connectivity index (χ2v) is 6.77. The van der Waals surface area contributed by atoms with Gasteiger partial charge in [0, 0.05) is 11.6 Å². The first-order valence-electron chi connectivity index (χ1n) is 9.13. The van der Waals surface area contributed by atoms with Gasteiger partial charge in [0.1, 0.15) is 11.5 Å². The molecular weight excluding hydrogens is 362 g/mol. The van der Waals surface area contributed by atoms with Gasteiger partial charge in [0.05, 0.1) is 11.1 Å². The van der Waals surface area contributed by atoms with E-state index in [1.807, 2.05) is 0 Å². The lowest BCUT2D eigenvalue weighted by atomic mass is 9.88. The Bertz CT molecular complexity index is 884. The lowest BCUT2D eigenvalue weighted by Crippen LogP contribution is -2.24. The lowest BCUT2D eigenvalue weighted by molar-refractivity contribution is -0.120. The fourth-order valence-corrected chi connectivity index (χ4v) is 3.30. The van der Waals surface area contributed by atoms with E-state index in [2.05, 4.69) is 5.32 Å². The van der Waals surface area contributed by atoms with Crippen LogP contribution in [0.2, 0.25) is 0 Å². The van der Waals surface area contributed by atoms with Crippen LogP contribution in [0, 0.1) is 5.92 Å². The van der Waals surface area contributed by atoms with Crippen molar-refractivity contribution in [2.45, 2.75) is 32.1 Å². The van der Waals surface area contributed by atoms with Crippen LogP contribution in [0.1, 0.15) is 52.8 Å². The van der Waals surface area contributed by atoms with Gasteiger partial charge in [-0.15, -0.1) is 0 Å². The van der Waals surface area contributed by atoms with E-state index in [9.17, 15) is 19.5 Å². The zero-order valence-electron chi connectivity index (χ0n) is 15.2. The summed E-state index contributed by atoms with van der Waals surface area (Å²) in [6.45, 7) is 0. The molecule has 1 aliphatic rings. The van der Waals surface area contributed by atoms with E-state index in [1.54, 1.807) is 24.3 Å². The van der Waals surface area contributed by atoms with Gasteiger partial charge in [0.2, 0.25) is 5.91 Å². The normalized spacial score (nSPS) is 14.3. The van der Waals surface area contributed by atoms with Crippen molar-refractivity contribution >= 4 is 23.5 Å². The van der Waals surface area contributed by atoms with E-state index >= 15 is 0 Å². The van der Waals surface area contributed by atoms with Crippen molar-refractivity contribution in [1.29, 1.82) is 0 Å². The van der Waals surface area contributed by atoms with Crippen molar-refractivity contribution in [3.05, 3.63) is 53.6 Å². The molecule has 3 N–H and O–H groups in total. The third kappa shape index (κ3) is 4.68. The van der Waals surface area contributed by atoms with Gasteiger partial charge in [-0.2, -0.15) is 0 Å². The zero-order valence-corrected chi connectivity index (χ0v) is 15.2. The fraction of sp³-hybridized carbons (Fsp3) is 0.286. The molecule has 0 saturated heterocycles. The summed E-state index contributed by atoms with van der Waals surface area (Å²) in [4.78, 5) is 34.6. The molecule has 146 valence electrons. The van der Waals surface area contributed by atoms with Crippen LogP contribution in [0.4, 0.5) is 5.69 Å². The van der Waals surface area contributed by atoms with E-state index in [0.29, 0.717) is 11.4 Å². The quantitative estimate of drug-likeness (QED) is 0.682. The topological polar surface area (TPSA) is 113 Å². The molecular formula is C21H21NO6. The van der Waals surface area contributed by atoms with Gasteiger partial charge in [-0.25, -0.2) is 9.59 Å². The summed E-state index contributed by atoms with van der Waals surface area (Å²) in [6.07, 6.45) is 5.21. The van der Waals surface area contributed by atoms with Gasteiger partial charge in [0.15, 0.2) is 0 Å². The summed E-state index contributed by atoms with van der Waals surface area (Å²) >= 11 is 0. The van der Waals surface area contributed by atoms with Crippen LogP contribution in [-0.2, 0) is 4.79 Å². The molecule has 2 aromatic carbocycles. The average molecular weight is 383 g/mol. The van der Waals surface area contributed by atoms with Crippen LogP contribution in [0.15, 0.2) is 42.5 Å². The minimum absolute atomic E-state index is 0.0312. The van der Waals surface area contributed by atoms with Crippen LogP contribution >= 0.6 is 0 Å². The number of hydrogen-bond acceptors (Lipinski definition) is 4. The summed E-state index contributed by atoms with van der Waals surface area (Å²) in [5.41, 5.74) is 0.0114. The molecule has 3 rings (SSSR count). The molecule has 7 nitrogen and oxygen atoms in total. The Hall–Kier alpha value is -3.35. The molecule has 0 heterocycles. The number of carboxylic acids is 2. The predicted octanol–water partition coefficient (Wildman–Crippen LogP) is 4.39. The highest BCUT2D eigenvalue weighted by Crippen LogP contribution is 2.27. The molecule has 0 aromatic heterocycles. The second-order valence-electron chi connectivity index (χ2n) is 6.77. The van der Waals surface area contributed by atoms with E-state index in [1.165, 1.54) is 24.6 Å². The van der Waals surface area contributed by atoms with Crippen molar-refractivity contribution in [1.82, 2.24) is 0 Å². The highest BCUT2D eigenvalue weighted by atomic mass is 16.5. The molecule has 28 heavy (non-hydrogen) atoms. The summed E-state index contributed by atoms with van der Waals surface area (Å²) in [5.74, 6) is -1.92. The van der Waals surface area contributed by atoms with Crippen molar-refractivity contribution in [2.75, 3.05) is 5.32 Å². The van der Waals surface area contributed by atoms with E-state index in [4.69, 9.17) is 9.84 Å². The largest absolute Gasteiger partial charge is 0.478 e. The summed E-state index contributed by atoms with van der Waals surface area (Å²) in [6, 6.07) is 10.5. The third-order valence-electron chi connectivity index (χ3n) is 4.79. The molecule has 0 aliphatic heterocycles. The molecule has 0 bridgehead atoms. The Morgan fingerprint density at radius 3 is 2.04 bits per heavy atom. The number of aromatic carboxylic acids is 2. The van der Waals surface area contributed by atoms with Crippen molar-refractivity contribution in [3.63, 3.8) is 0 Å². The Morgan fingerprint density at radius 1 is 0.821 bits per heavy atom. The lowest BCUT2D eigenvalue weighted by Gasteiger charge is -2.20. The van der Waals surface area contributed by atoms with Crippen LogP contribution < -0.4 is 10.1 Å². The Kier molecular flexibility index (Phi) is 5.93. The number of amides is 1. The number of ether oxygens (including phenoxy) is 1. The Morgan fingerprint density at radius 2 is 1.43 bits per heavy atom. The van der Waals surface area contributed by atoms with Gasteiger partial charge in [0.25, 0.3) is 0 Å².